The summed E-state index contributed by atoms with van der Waals surface area (Å²) in [5, 5.41) is -4.82. The van der Waals surface area contributed by atoms with Gasteiger partial charge in [0.15, 0.2) is 0 Å². The normalized spacial score (nSPS) is 15.9. The van der Waals surface area contributed by atoms with E-state index in [0.717, 1.165) is 0 Å². The molecule has 0 amide bonds. The van der Waals surface area contributed by atoms with E-state index in [1.54, 1.807) is 0 Å². The highest BCUT2D eigenvalue weighted by atomic mass is 35.5. The fraction of sp³-hybridized carbons (Fsp3) is 1.00. The summed E-state index contributed by atoms with van der Waals surface area (Å²) in [6.45, 7) is 0. The van der Waals surface area contributed by atoms with Crippen molar-refractivity contribution >= 4 is 58.0 Å². The molecular formula is C4Cl5F5. The number of hydrogen-bond donors (Lipinski definition) is 0. The van der Waals surface area contributed by atoms with Crippen LogP contribution in [0.5, 0.6) is 0 Å². The molecule has 14 heavy (non-hydrogen) atoms. The molecular weight excluding hydrogens is 320 g/mol. The molecule has 0 aromatic heterocycles. The average molecular weight is 320 g/mol. The maximum absolute atomic E-state index is 12.7. The number of alkyl halides is 10. The Morgan fingerprint density at radius 3 is 1.00 bits per heavy atom. The van der Waals surface area contributed by atoms with Gasteiger partial charge in [-0.3, -0.25) is 0 Å². The highest BCUT2D eigenvalue weighted by Gasteiger charge is 2.75. The lowest BCUT2D eigenvalue weighted by Crippen LogP contribution is -2.56. The summed E-state index contributed by atoms with van der Waals surface area (Å²) in [6.07, 6.45) is 0. The van der Waals surface area contributed by atoms with Crippen LogP contribution < -0.4 is 0 Å². The van der Waals surface area contributed by atoms with Crippen molar-refractivity contribution in [1.29, 1.82) is 0 Å². The number of rotatable bonds is 3. The first-order chi connectivity index (χ1) is 5.75. The van der Waals surface area contributed by atoms with Crippen LogP contribution in [-0.2, 0) is 0 Å². The van der Waals surface area contributed by atoms with Gasteiger partial charge >= 0.3 is 15.9 Å². The van der Waals surface area contributed by atoms with Gasteiger partial charge in [-0.25, -0.2) is 4.39 Å². The predicted molar refractivity (Wildman–Crippen MR) is 45.7 cm³/mol. The fourth-order valence-corrected chi connectivity index (χ4v) is 1.21. The quantitative estimate of drug-likeness (QED) is 0.521. The Hall–Kier alpha value is 1.10. The van der Waals surface area contributed by atoms with Crippen LogP contribution in [0.15, 0.2) is 0 Å². The highest BCUT2D eigenvalue weighted by molar-refractivity contribution is 6.56. The van der Waals surface area contributed by atoms with Gasteiger partial charge in [0.05, 0.1) is 0 Å². The van der Waals surface area contributed by atoms with E-state index in [1.807, 2.05) is 0 Å². The van der Waals surface area contributed by atoms with Gasteiger partial charge in [-0.15, -0.1) is 0 Å². The first kappa shape index (κ1) is 15.1. The molecule has 0 bridgehead atoms. The minimum Gasteiger partial charge on any atom is -0.201 e. The highest BCUT2D eigenvalue weighted by Crippen LogP contribution is 2.58. The van der Waals surface area contributed by atoms with Gasteiger partial charge in [-0.05, 0) is 11.6 Å². The summed E-state index contributed by atoms with van der Waals surface area (Å²) >= 11 is 21.8. The summed E-state index contributed by atoms with van der Waals surface area (Å²) in [5.74, 6) is -5.17. The molecule has 0 N–H and O–H groups in total. The van der Waals surface area contributed by atoms with E-state index in [4.69, 9.17) is 0 Å². The summed E-state index contributed by atoms with van der Waals surface area (Å²) < 4.78 is 53.8. The summed E-state index contributed by atoms with van der Waals surface area (Å²) in [4.78, 5) is 0. The van der Waals surface area contributed by atoms with Crippen LogP contribution in [0.2, 0.25) is 0 Å². The second-order valence-electron chi connectivity index (χ2n) is 2.14. The minimum absolute atomic E-state index is 4.15. The summed E-state index contributed by atoms with van der Waals surface area (Å²) in [5.41, 5.74) is 0. The maximum atomic E-state index is 12.7. The molecule has 86 valence electrons. The second-order valence-corrected chi connectivity index (χ2v) is 5.18. The van der Waals surface area contributed by atoms with Crippen molar-refractivity contribution in [1.82, 2.24) is 0 Å². The Kier molecular flexibility index (Phi) is 4.14. The zero-order chi connectivity index (χ0) is 12.0. The van der Waals surface area contributed by atoms with Gasteiger partial charge in [0, 0.05) is 0 Å². The minimum atomic E-state index is -5.17. The van der Waals surface area contributed by atoms with Gasteiger partial charge in [-0.1, -0.05) is 46.4 Å². The molecule has 0 aromatic rings. The average Bonchev–Trinajstić information content (AvgIpc) is 1.81. The fourth-order valence-electron chi connectivity index (χ4n) is 0.356. The Balaban J connectivity index is 5.30. The van der Waals surface area contributed by atoms with Crippen LogP contribution in [0, 0.1) is 0 Å². The van der Waals surface area contributed by atoms with Crippen molar-refractivity contribution in [2.45, 2.75) is 20.2 Å². The van der Waals surface area contributed by atoms with Crippen LogP contribution >= 0.6 is 58.0 Å². The van der Waals surface area contributed by atoms with Crippen LogP contribution in [0.25, 0.3) is 0 Å². The van der Waals surface area contributed by atoms with Crippen molar-refractivity contribution in [3.05, 3.63) is 0 Å². The Bertz CT molecular complexity index is 191. The van der Waals surface area contributed by atoms with Crippen LogP contribution in [-0.4, -0.2) is 20.2 Å². The zero-order valence-corrected chi connectivity index (χ0v) is 9.56. The molecule has 0 aliphatic rings. The lowest BCUT2D eigenvalue weighted by atomic mass is 10.2. The van der Waals surface area contributed by atoms with Crippen molar-refractivity contribution in [2.24, 2.45) is 0 Å². The lowest BCUT2D eigenvalue weighted by Gasteiger charge is -2.35. The molecule has 0 fully saturated rings. The van der Waals surface area contributed by atoms with E-state index < -0.39 is 20.2 Å². The van der Waals surface area contributed by atoms with Gasteiger partial charge in [0.1, 0.15) is 0 Å². The Morgan fingerprint density at radius 2 is 0.929 bits per heavy atom. The van der Waals surface area contributed by atoms with Gasteiger partial charge in [0.2, 0.25) is 0 Å². The molecule has 0 rings (SSSR count). The van der Waals surface area contributed by atoms with Crippen molar-refractivity contribution in [2.75, 3.05) is 0 Å². The standard InChI is InChI=1S/C4Cl5F5/c5-1(6,4(9,13)14)2(10,11)3(7,8)12. The third kappa shape index (κ3) is 2.43. The van der Waals surface area contributed by atoms with Gasteiger partial charge < -0.3 is 0 Å². The third-order valence-electron chi connectivity index (χ3n) is 1.11. The molecule has 0 saturated heterocycles. The first-order valence-electron chi connectivity index (χ1n) is 2.64. The molecule has 0 atom stereocenters. The van der Waals surface area contributed by atoms with E-state index >= 15 is 0 Å². The zero-order valence-electron chi connectivity index (χ0n) is 5.78. The van der Waals surface area contributed by atoms with Crippen LogP contribution in [0.1, 0.15) is 0 Å². The monoisotopic (exact) mass is 318 g/mol. The van der Waals surface area contributed by atoms with E-state index in [1.165, 1.54) is 0 Å². The van der Waals surface area contributed by atoms with Crippen molar-refractivity contribution in [3.63, 3.8) is 0 Å². The second kappa shape index (κ2) is 3.84. The first-order valence-corrected chi connectivity index (χ1v) is 4.53. The van der Waals surface area contributed by atoms with Crippen molar-refractivity contribution < 1.29 is 22.0 Å². The number of hydrogen-bond acceptors (Lipinski definition) is 0. The molecule has 0 nitrogen and oxygen atoms in total. The number of halogens is 10. The van der Waals surface area contributed by atoms with Gasteiger partial charge in [-0.2, -0.15) is 17.6 Å². The molecule has 10 heteroatoms. The lowest BCUT2D eigenvalue weighted by molar-refractivity contribution is -0.119. The smallest absolute Gasteiger partial charge is 0.201 e. The maximum Gasteiger partial charge on any atom is 0.360 e. The van der Waals surface area contributed by atoms with Crippen molar-refractivity contribution in [3.8, 4) is 0 Å². The third-order valence-corrected chi connectivity index (χ3v) is 3.01. The topological polar surface area (TPSA) is 0 Å². The molecule has 0 aliphatic carbocycles. The van der Waals surface area contributed by atoms with Gasteiger partial charge in [0.25, 0.3) is 4.33 Å². The largest absolute Gasteiger partial charge is 0.360 e. The Morgan fingerprint density at radius 1 is 0.643 bits per heavy atom. The predicted octanol–water partition coefficient (Wildman–Crippen LogP) is 4.73. The van der Waals surface area contributed by atoms with E-state index in [9.17, 15) is 22.0 Å². The SMILES string of the molecule is FC(F)(Cl)C(Cl)(Cl)C(F)(F)C(F)(Cl)Cl. The summed E-state index contributed by atoms with van der Waals surface area (Å²) in [6, 6.07) is 0. The van der Waals surface area contributed by atoms with E-state index in [0.29, 0.717) is 0 Å². The van der Waals surface area contributed by atoms with Crippen LogP contribution in [0.4, 0.5) is 22.0 Å². The molecule has 0 aromatic carbocycles. The molecule has 0 saturated carbocycles. The van der Waals surface area contributed by atoms with E-state index in [2.05, 4.69) is 58.0 Å². The molecule has 0 spiro atoms. The van der Waals surface area contributed by atoms with E-state index in [-0.39, 0.29) is 0 Å². The summed E-state index contributed by atoms with van der Waals surface area (Å²) in [7, 11) is 0. The molecule has 0 aliphatic heterocycles. The molecule has 0 heterocycles. The Labute approximate surface area is 100 Å². The van der Waals surface area contributed by atoms with Crippen LogP contribution in [0.3, 0.4) is 0 Å². The molecule has 0 unspecified atom stereocenters. The molecule has 0 radical (unpaired) electrons.